The minimum absolute atomic E-state index is 0.0861. The van der Waals surface area contributed by atoms with Crippen LogP contribution in [0.1, 0.15) is 24.0 Å². The molecule has 0 radical (unpaired) electrons. The first-order valence-corrected chi connectivity index (χ1v) is 6.71. The quantitative estimate of drug-likeness (QED) is 0.746. The van der Waals surface area contributed by atoms with Crippen LogP contribution in [0.15, 0.2) is 24.3 Å². The summed E-state index contributed by atoms with van der Waals surface area (Å²) in [5, 5.41) is 9.15. The van der Waals surface area contributed by atoms with Crippen molar-refractivity contribution in [3.63, 3.8) is 0 Å². The average Bonchev–Trinajstić information content (AvgIpc) is 2.37. The Hall–Kier alpha value is -1.56. The van der Waals surface area contributed by atoms with Gasteiger partial charge in [0.25, 0.3) is 0 Å². The molecule has 0 saturated carbocycles. The molecule has 1 aromatic rings. The molecular formula is C15H19F3O3. The first kappa shape index (κ1) is 17.5. The third-order valence-electron chi connectivity index (χ3n) is 3.06. The van der Waals surface area contributed by atoms with Crippen LogP contribution in [0.5, 0.6) is 0 Å². The molecule has 1 rings (SSSR count). The predicted octanol–water partition coefficient (Wildman–Crippen LogP) is 3.60. The number of carboxylic acid groups (broad SMARTS) is 1. The summed E-state index contributed by atoms with van der Waals surface area (Å²) >= 11 is 0. The molecule has 1 unspecified atom stereocenters. The minimum atomic E-state index is -4.34. The van der Waals surface area contributed by atoms with E-state index in [1.807, 2.05) is 31.2 Å². The summed E-state index contributed by atoms with van der Waals surface area (Å²) in [4.78, 5) is 11.2. The van der Waals surface area contributed by atoms with Crippen molar-refractivity contribution < 1.29 is 27.8 Å². The lowest BCUT2D eigenvalue weighted by atomic mass is 9.94. The number of alkyl halides is 3. The fourth-order valence-electron chi connectivity index (χ4n) is 1.94. The molecule has 1 atom stereocenters. The Balaban J connectivity index is 2.37. The largest absolute Gasteiger partial charge is 0.481 e. The van der Waals surface area contributed by atoms with Gasteiger partial charge in [0.05, 0.1) is 5.92 Å². The van der Waals surface area contributed by atoms with E-state index in [2.05, 4.69) is 4.74 Å². The second-order valence-corrected chi connectivity index (χ2v) is 5.03. The van der Waals surface area contributed by atoms with Gasteiger partial charge in [-0.1, -0.05) is 29.8 Å². The Labute approximate surface area is 121 Å². The van der Waals surface area contributed by atoms with Crippen LogP contribution in [0, 0.1) is 12.8 Å². The number of hydrogen-bond donors (Lipinski definition) is 1. The molecule has 0 aliphatic heterocycles. The van der Waals surface area contributed by atoms with E-state index < -0.39 is 24.7 Å². The van der Waals surface area contributed by atoms with Gasteiger partial charge in [-0.3, -0.25) is 4.79 Å². The van der Waals surface area contributed by atoms with Crippen molar-refractivity contribution in [3.05, 3.63) is 35.4 Å². The predicted molar refractivity (Wildman–Crippen MR) is 72.1 cm³/mol. The summed E-state index contributed by atoms with van der Waals surface area (Å²) in [5.41, 5.74) is 2.00. The van der Waals surface area contributed by atoms with Gasteiger partial charge in [0, 0.05) is 6.61 Å². The summed E-state index contributed by atoms with van der Waals surface area (Å²) in [6, 6.07) is 7.54. The number of benzene rings is 1. The Morgan fingerprint density at radius 2 is 1.90 bits per heavy atom. The molecule has 21 heavy (non-hydrogen) atoms. The van der Waals surface area contributed by atoms with Crippen molar-refractivity contribution in [1.29, 1.82) is 0 Å². The zero-order valence-electron chi connectivity index (χ0n) is 11.8. The number of aliphatic carboxylic acids is 1. The zero-order chi connectivity index (χ0) is 15.9. The van der Waals surface area contributed by atoms with E-state index in [0.29, 0.717) is 19.3 Å². The lowest BCUT2D eigenvalue weighted by Gasteiger charge is -2.13. The topological polar surface area (TPSA) is 46.5 Å². The molecule has 0 fully saturated rings. The lowest BCUT2D eigenvalue weighted by molar-refractivity contribution is -0.174. The number of carbonyl (C=O) groups is 1. The van der Waals surface area contributed by atoms with Gasteiger partial charge in [0.15, 0.2) is 0 Å². The van der Waals surface area contributed by atoms with Crippen LogP contribution in [0.25, 0.3) is 0 Å². The molecule has 0 aromatic heterocycles. The van der Waals surface area contributed by atoms with Crippen LogP contribution in [0.4, 0.5) is 13.2 Å². The summed E-state index contributed by atoms with van der Waals surface area (Å²) in [5.74, 6) is -1.55. The van der Waals surface area contributed by atoms with Crippen molar-refractivity contribution in [2.45, 2.75) is 32.4 Å². The molecule has 0 aliphatic carbocycles. The highest BCUT2D eigenvalue weighted by molar-refractivity contribution is 5.70. The van der Waals surface area contributed by atoms with Crippen molar-refractivity contribution in [1.82, 2.24) is 0 Å². The molecule has 0 spiro atoms. The fraction of sp³-hybridized carbons (Fsp3) is 0.533. The van der Waals surface area contributed by atoms with Gasteiger partial charge in [0.2, 0.25) is 0 Å². The number of rotatable bonds is 8. The number of aryl methyl sites for hydroxylation is 1. The number of hydrogen-bond acceptors (Lipinski definition) is 2. The maximum atomic E-state index is 11.9. The molecule has 0 saturated heterocycles. The Kier molecular flexibility index (Phi) is 6.68. The molecule has 0 bridgehead atoms. The van der Waals surface area contributed by atoms with E-state index in [1.54, 1.807) is 0 Å². The standard InChI is InChI=1S/C15H19F3O3/c1-11-4-6-12(7-5-11)9-13(14(19)20)3-2-8-21-10-15(16,17)18/h4-7,13H,2-3,8-10H2,1H3,(H,19,20). The van der Waals surface area contributed by atoms with E-state index >= 15 is 0 Å². The van der Waals surface area contributed by atoms with Crippen LogP contribution in [0.3, 0.4) is 0 Å². The van der Waals surface area contributed by atoms with Gasteiger partial charge in [0.1, 0.15) is 6.61 Å². The molecular weight excluding hydrogens is 285 g/mol. The van der Waals surface area contributed by atoms with Crippen LogP contribution in [-0.2, 0) is 16.0 Å². The van der Waals surface area contributed by atoms with Crippen molar-refractivity contribution >= 4 is 5.97 Å². The van der Waals surface area contributed by atoms with Gasteiger partial charge in [-0.2, -0.15) is 13.2 Å². The highest BCUT2D eigenvalue weighted by Gasteiger charge is 2.27. The maximum Gasteiger partial charge on any atom is 0.411 e. The normalized spacial score (nSPS) is 13.1. The summed E-state index contributed by atoms with van der Waals surface area (Å²) in [7, 11) is 0. The maximum absolute atomic E-state index is 11.9. The van der Waals surface area contributed by atoms with E-state index in [-0.39, 0.29) is 6.61 Å². The van der Waals surface area contributed by atoms with Crippen molar-refractivity contribution in [2.24, 2.45) is 5.92 Å². The Bertz CT molecular complexity index is 440. The fourth-order valence-corrected chi connectivity index (χ4v) is 1.94. The van der Waals surface area contributed by atoms with E-state index in [1.165, 1.54) is 0 Å². The summed E-state index contributed by atoms with van der Waals surface area (Å²) < 4.78 is 40.1. The van der Waals surface area contributed by atoms with E-state index in [4.69, 9.17) is 5.11 Å². The lowest BCUT2D eigenvalue weighted by Crippen LogP contribution is -2.19. The molecule has 0 heterocycles. The monoisotopic (exact) mass is 304 g/mol. The molecule has 1 aromatic carbocycles. The molecule has 0 aliphatic rings. The molecule has 1 N–H and O–H groups in total. The van der Waals surface area contributed by atoms with Gasteiger partial charge in [-0.25, -0.2) is 0 Å². The van der Waals surface area contributed by atoms with Crippen molar-refractivity contribution in [3.8, 4) is 0 Å². The molecule has 118 valence electrons. The van der Waals surface area contributed by atoms with Crippen LogP contribution >= 0.6 is 0 Å². The molecule has 0 amide bonds. The Morgan fingerprint density at radius 3 is 2.43 bits per heavy atom. The number of carboxylic acids is 1. The average molecular weight is 304 g/mol. The van der Waals surface area contributed by atoms with Gasteiger partial charge in [-0.05, 0) is 31.7 Å². The number of ether oxygens (including phenoxy) is 1. The van der Waals surface area contributed by atoms with Gasteiger partial charge < -0.3 is 9.84 Å². The van der Waals surface area contributed by atoms with Crippen LogP contribution in [-0.4, -0.2) is 30.5 Å². The highest BCUT2D eigenvalue weighted by atomic mass is 19.4. The van der Waals surface area contributed by atoms with Crippen molar-refractivity contribution in [2.75, 3.05) is 13.2 Å². The second-order valence-electron chi connectivity index (χ2n) is 5.03. The molecule has 3 nitrogen and oxygen atoms in total. The summed E-state index contributed by atoms with van der Waals surface area (Å²) in [6.45, 7) is 0.566. The SMILES string of the molecule is Cc1ccc(CC(CCCOCC(F)(F)F)C(=O)O)cc1. The third kappa shape index (κ3) is 7.70. The second kappa shape index (κ2) is 8.02. The minimum Gasteiger partial charge on any atom is -0.481 e. The van der Waals surface area contributed by atoms with Gasteiger partial charge in [-0.15, -0.1) is 0 Å². The molecule has 6 heteroatoms. The number of halogens is 3. The van der Waals surface area contributed by atoms with E-state index in [0.717, 1.165) is 11.1 Å². The zero-order valence-corrected chi connectivity index (χ0v) is 11.8. The van der Waals surface area contributed by atoms with Crippen LogP contribution < -0.4 is 0 Å². The first-order chi connectivity index (χ1) is 9.78. The highest BCUT2D eigenvalue weighted by Crippen LogP contribution is 2.17. The smallest absolute Gasteiger partial charge is 0.411 e. The van der Waals surface area contributed by atoms with E-state index in [9.17, 15) is 18.0 Å². The summed E-state index contributed by atoms with van der Waals surface area (Å²) in [6.07, 6.45) is -3.39. The third-order valence-corrected chi connectivity index (χ3v) is 3.06. The van der Waals surface area contributed by atoms with Crippen LogP contribution in [0.2, 0.25) is 0 Å². The Morgan fingerprint density at radius 1 is 1.29 bits per heavy atom. The first-order valence-electron chi connectivity index (χ1n) is 6.71. The van der Waals surface area contributed by atoms with Gasteiger partial charge >= 0.3 is 12.1 Å².